The molecule has 0 unspecified atom stereocenters. The van der Waals surface area contributed by atoms with Crippen molar-refractivity contribution < 1.29 is 0 Å². The molecule has 3 aromatic rings. The van der Waals surface area contributed by atoms with Crippen LogP contribution in [0.5, 0.6) is 0 Å². The molecule has 0 aromatic carbocycles. The molecule has 3 aromatic heterocycles. The number of rotatable bonds is 6. The Labute approximate surface area is 170 Å². The van der Waals surface area contributed by atoms with Crippen LogP contribution in [-0.2, 0) is 0 Å². The molecule has 144 valence electrons. The highest BCUT2D eigenvalue weighted by Crippen LogP contribution is 2.39. The minimum absolute atomic E-state index is 0.00801. The average Bonchev–Trinajstić information content (AvgIpc) is 3.32. The summed E-state index contributed by atoms with van der Waals surface area (Å²) in [6.07, 6.45) is 7.56. The number of hydrogen-bond acceptors (Lipinski definition) is 4. The van der Waals surface area contributed by atoms with Gasteiger partial charge in [0.25, 0.3) is 0 Å². The molecule has 1 N–H and O–H groups in total. The second-order valence-corrected chi connectivity index (χ2v) is 7.52. The third-order valence-corrected chi connectivity index (χ3v) is 5.36. The van der Waals surface area contributed by atoms with E-state index in [1.807, 2.05) is 42.9 Å². The van der Waals surface area contributed by atoms with Crippen molar-refractivity contribution in [3.63, 3.8) is 0 Å². The zero-order valence-corrected chi connectivity index (χ0v) is 16.9. The van der Waals surface area contributed by atoms with Crippen LogP contribution in [0.2, 0.25) is 0 Å². The lowest BCUT2D eigenvalue weighted by molar-refractivity contribution is 0.272. The predicted octanol–water partition coefficient (Wildman–Crippen LogP) is 2.80. The first-order chi connectivity index (χ1) is 13.6. The summed E-state index contributed by atoms with van der Waals surface area (Å²) in [5, 5.41) is 4.28. The van der Waals surface area contributed by atoms with Gasteiger partial charge in [0.15, 0.2) is 5.11 Å². The van der Waals surface area contributed by atoms with Gasteiger partial charge in [-0.1, -0.05) is 6.07 Å². The van der Waals surface area contributed by atoms with Crippen molar-refractivity contribution in [2.75, 3.05) is 27.2 Å². The van der Waals surface area contributed by atoms with Crippen molar-refractivity contribution in [3.05, 3.63) is 78.6 Å². The molecule has 4 rings (SSSR count). The highest BCUT2D eigenvalue weighted by molar-refractivity contribution is 7.80. The Morgan fingerprint density at radius 3 is 2.61 bits per heavy atom. The molecular weight excluding hydrogens is 368 g/mol. The minimum Gasteiger partial charge on any atom is -0.352 e. The largest absolute Gasteiger partial charge is 0.352 e. The molecule has 7 heteroatoms. The summed E-state index contributed by atoms with van der Waals surface area (Å²) in [7, 11) is 4.16. The van der Waals surface area contributed by atoms with E-state index in [-0.39, 0.29) is 12.1 Å². The Morgan fingerprint density at radius 1 is 1.07 bits per heavy atom. The molecule has 28 heavy (non-hydrogen) atoms. The lowest BCUT2D eigenvalue weighted by Crippen LogP contribution is -2.36. The number of aromatic nitrogens is 3. The minimum atomic E-state index is -0.00801. The normalized spacial score (nSPS) is 19.2. The maximum atomic E-state index is 5.73. The van der Waals surface area contributed by atoms with Gasteiger partial charge in [0.05, 0.1) is 17.8 Å². The van der Waals surface area contributed by atoms with Crippen molar-refractivity contribution in [3.8, 4) is 5.69 Å². The number of hydrogen-bond donors (Lipinski definition) is 1. The molecule has 4 heterocycles. The Morgan fingerprint density at radius 2 is 1.89 bits per heavy atom. The predicted molar refractivity (Wildman–Crippen MR) is 114 cm³/mol. The molecule has 2 atom stereocenters. The van der Waals surface area contributed by atoms with E-state index < -0.39 is 0 Å². The van der Waals surface area contributed by atoms with Crippen LogP contribution in [0.4, 0.5) is 0 Å². The van der Waals surface area contributed by atoms with Gasteiger partial charge in [0.1, 0.15) is 0 Å². The van der Waals surface area contributed by atoms with E-state index in [1.165, 1.54) is 5.69 Å². The average molecular weight is 393 g/mol. The topological polar surface area (TPSA) is 49.2 Å². The second-order valence-electron chi connectivity index (χ2n) is 7.13. The summed E-state index contributed by atoms with van der Waals surface area (Å²) < 4.78 is 2.21. The first-order valence-corrected chi connectivity index (χ1v) is 9.76. The molecule has 6 nitrogen and oxygen atoms in total. The lowest BCUT2D eigenvalue weighted by Gasteiger charge is -2.29. The molecular formula is C21H24N6S. The summed E-state index contributed by atoms with van der Waals surface area (Å²) in [5.74, 6) is 0. The van der Waals surface area contributed by atoms with Gasteiger partial charge >= 0.3 is 0 Å². The van der Waals surface area contributed by atoms with Gasteiger partial charge in [0, 0.05) is 49.3 Å². The van der Waals surface area contributed by atoms with Gasteiger partial charge in [-0.2, -0.15) is 0 Å². The van der Waals surface area contributed by atoms with E-state index in [0.29, 0.717) is 0 Å². The summed E-state index contributed by atoms with van der Waals surface area (Å²) >= 11 is 5.73. The smallest absolute Gasteiger partial charge is 0.170 e. The number of likely N-dealkylation sites (N-methyl/N-ethyl adjacent to an activating group) is 1. The van der Waals surface area contributed by atoms with Crippen molar-refractivity contribution in [2.24, 2.45) is 0 Å². The highest BCUT2D eigenvalue weighted by atomic mass is 32.1. The third-order valence-electron chi connectivity index (χ3n) is 5.01. The fourth-order valence-corrected chi connectivity index (χ4v) is 3.98. The number of nitrogens with zero attached hydrogens (tertiary/aromatic N) is 5. The summed E-state index contributed by atoms with van der Waals surface area (Å²) in [6.45, 7) is 1.76. The molecule has 1 saturated heterocycles. The maximum absolute atomic E-state index is 5.73. The second kappa shape index (κ2) is 8.08. The summed E-state index contributed by atoms with van der Waals surface area (Å²) in [4.78, 5) is 13.2. The molecule has 0 aliphatic carbocycles. The molecule has 0 amide bonds. The van der Waals surface area contributed by atoms with E-state index in [1.54, 1.807) is 0 Å². The van der Waals surface area contributed by atoms with Crippen LogP contribution in [0, 0.1) is 0 Å². The van der Waals surface area contributed by atoms with Gasteiger partial charge in [0.2, 0.25) is 0 Å². The van der Waals surface area contributed by atoms with Crippen LogP contribution in [-0.4, -0.2) is 56.6 Å². The zero-order chi connectivity index (χ0) is 19.5. The molecule has 1 aliphatic rings. The van der Waals surface area contributed by atoms with Crippen LogP contribution in [0.1, 0.15) is 23.5 Å². The van der Waals surface area contributed by atoms with Crippen LogP contribution in [0.25, 0.3) is 5.69 Å². The van der Waals surface area contributed by atoms with Crippen LogP contribution in [0.15, 0.2) is 67.3 Å². The van der Waals surface area contributed by atoms with Gasteiger partial charge in [-0.15, -0.1) is 0 Å². The quantitative estimate of drug-likeness (QED) is 0.651. The molecule has 1 aliphatic heterocycles. The molecule has 0 spiro atoms. The van der Waals surface area contributed by atoms with E-state index in [0.717, 1.165) is 29.6 Å². The van der Waals surface area contributed by atoms with Crippen LogP contribution in [0.3, 0.4) is 0 Å². The lowest BCUT2D eigenvalue weighted by atomic mass is 10.0. The molecule has 0 radical (unpaired) electrons. The fourth-order valence-electron chi connectivity index (χ4n) is 3.65. The van der Waals surface area contributed by atoms with E-state index in [4.69, 9.17) is 12.2 Å². The first-order valence-electron chi connectivity index (χ1n) is 9.35. The van der Waals surface area contributed by atoms with E-state index >= 15 is 0 Å². The Bertz CT molecular complexity index is 924. The Balaban J connectivity index is 1.77. The Hall–Kier alpha value is -2.77. The molecule has 0 bridgehead atoms. The van der Waals surface area contributed by atoms with Crippen LogP contribution < -0.4 is 5.32 Å². The van der Waals surface area contributed by atoms with E-state index in [2.05, 4.69) is 68.1 Å². The van der Waals surface area contributed by atoms with Gasteiger partial charge < -0.3 is 19.7 Å². The number of nitrogens with one attached hydrogen (secondary N) is 1. The van der Waals surface area contributed by atoms with Crippen molar-refractivity contribution in [1.82, 2.24) is 29.7 Å². The summed E-state index contributed by atoms with van der Waals surface area (Å²) in [6, 6.07) is 14.3. The van der Waals surface area contributed by atoms with Crippen molar-refractivity contribution in [2.45, 2.75) is 12.1 Å². The number of thiocarbonyl (C=S) groups is 1. The highest BCUT2D eigenvalue weighted by Gasteiger charge is 2.41. The van der Waals surface area contributed by atoms with Gasteiger partial charge in [-0.3, -0.25) is 9.97 Å². The SMILES string of the molecule is CN(C)CCN1C(=S)N[C@@H](c2ccccn2)[C@H]1c1cccn1-c1ccncc1. The van der Waals surface area contributed by atoms with Gasteiger partial charge in [-0.05, 0) is 62.7 Å². The number of pyridine rings is 2. The fraction of sp³-hybridized carbons (Fsp3) is 0.286. The molecule has 0 saturated carbocycles. The third kappa shape index (κ3) is 3.63. The monoisotopic (exact) mass is 392 g/mol. The van der Waals surface area contributed by atoms with E-state index in [9.17, 15) is 0 Å². The summed E-state index contributed by atoms with van der Waals surface area (Å²) in [5.41, 5.74) is 3.25. The molecule has 1 fully saturated rings. The zero-order valence-electron chi connectivity index (χ0n) is 16.1. The standard InChI is InChI=1S/C21H24N6S/c1-25(2)14-15-27-20(19(24-21(27)28)17-6-3-4-10-23-17)18-7-5-13-26(18)16-8-11-22-12-9-16/h3-13,19-20H,14-15H2,1-2H3,(H,24,28)/t19-,20+/m0/s1. The van der Waals surface area contributed by atoms with Crippen molar-refractivity contribution >= 4 is 17.3 Å². The first kappa shape index (κ1) is 18.6. The Kier molecular flexibility index (Phi) is 5.36. The van der Waals surface area contributed by atoms with Crippen molar-refractivity contribution in [1.29, 1.82) is 0 Å². The maximum Gasteiger partial charge on any atom is 0.170 e. The van der Waals surface area contributed by atoms with Gasteiger partial charge in [-0.25, -0.2) is 0 Å². The van der Waals surface area contributed by atoms with Crippen LogP contribution >= 0.6 is 12.2 Å².